The van der Waals surface area contributed by atoms with Crippen LogP contribution in [-0.2, 0) is 6.54 Å². The van der Waals surface area contributed by atoms with Gasteiger partial charge in [0.15, 0.2) is 0 Å². The van der Waals surface area contributed by atoms with Crippen LogP contribution in [0, 0.1) is 12.3 Å². The van der Waals surface area contributed by atoms with E-state index >= 15 is 0 Å². The fourth-order valence-electron chi connectivity index (χ4n) is 1.68. The van der Waals surface area contributed by atoms with Gasteiger partial charge in [0.1, 0.15) is 0 Å². The molecule has 0 amide bonds. The van der Waals surface area contributed by atoms with Crippen molar-refractivity contribution in [1.82, 2.24) is 10.3 Å². The lowest BCUT2D eigenvalue weighted by Gasteiger charge is -2.25. The maximum absolute atomic E-state index is 9.29. The van der Waals surface area contributed by atoms with Crippen molar-refractivity contribution < 1.29 is 5.11 Å². The van der Waals surface area contributed by atoms with Gasteiger partial charge < -0.3 is 10.4 Å². The summed E-state index contributed by atoms with van der Waals surface area (Å²) in [5.41, 5.74) is 1.30. The first kappa shape index (κ1) is 13.6. The quantitative estimate of drug-likeness (QED) is 0.833. The van der Waals surface area contributed by atoms with Gasteiger partial charge in [-0.05, 0) is 18.8 Å². The third-order valence-corrected chi connectivity index (χ3v) is 3.14. The van der Waals surface area contributed by atoms with Gasteiger partial charge >= 0.3 is 0 Å². The number of nitrogens with one attached hydrogen (secondary N) is 1. The Morgan fingerprint density at radius 2 is 2.19 bits per heavy atom. The highest BCUT2D eigenvalue weighted by Crippen LogP contribution is 2.20. The molecule has 1 unspecified atom stereocenters. The molecule has 2 N–H and O–H groups in total. The Morgan fingerprint density at radius 3 is 2.62 bits per heavy atom. The van der Waals surface area contributed by atoms with Crippen LogP contribution in [0.4, 0.5) is 0 Å². The summed E-state index contributed by atoms with van der Waals surface area (Å²) in [5.74, 6) is 0. The SMILES string of the molecule is Cc1nc(CNC(CO)CC(C)(C)C)cs1. The Labute approximate surface area is 102 Å². The molecule has 0 aliphatic carbocycles. The van der Waals surface area contributed by atoms with Gasteiger partial charge in [0.2, 0.25) is 0 Å². The van der Waals surface area contributed by atoms with E-state index in [9.17, 15) is 5.11 Å². The Hall–Kier alpha value is -0.450. The van der Waals surface area contributed by atoms with Gasteiger partial charge in [-0.15, -0.1) is 11.3 Å². The van der Waals surface area contributed by atoms with Crippen LogP contribution in [0.5, 0.6) is 0 Å². The van der Waals surface area contributed by atoms with Crippen LogP contribution in [0.3, 0.4) is 0 Å². The monoisotopic (exact) mass is 242 g/mol. The molecular weight excluding hydrogens is 220 g/mol. The second-order valence-electron chi connectivity index (χ2n) is 5.38. The Morgan fingerprint density at radius 1 is 1.50 bits per heavy atom. The second kappa shape index (κ2) is 5.75. The van der Waals surface area contributed by atoms with Crippen LogP contribution < -0.4 is 5.32 Å². The molecule has 0 saturated carbocycles. The Balaban J connectivity index is 2.40. The van der Waals surface area contributed by atoms with Crippen LogP contribution in [0.2, 0.25) is 0 Å². The first-order valence-corrected chi connectivity index (χ1v) is 6.54. The zero-order valence-electron chi connectivity index (χ0n) is 10.6. The van der Waals surface area contributed by atoms with Crippen molar-refractivity contribution in [2.45, 2.75) is 46.7 Å². The number of rotatable bonds is 5. The van der Waals surface area contributed by atoms with E-state index in [1.54, 1.807) is 11.3 Å². The molecule has 4 heteroatoms. The summed E-state index contributed by atoms with van der Waals surface area (Å²) in [4.78, 5) is 4.39. The average Bonchev–Trinajstić information content (AvgIpc) is 2.57. The molecule has 16 heavy (non-hydrogen) atoms. The normalized spacial score (nSPS) is 14.1. The molecule has 0 fully saturated rings. The zero-order chi connectivity index (χ0) is 12.2. The van der Waals surface area contributed by atoms with Gasteiger partial charge in [0.05, 0.1) is 17.3 Å². The lowest BCUT2D eigenvalue weighted by atomic mass is 9.88. The van der Waals surface area contributed by atoms with Gasteiger partial charge in [-0.3, -0.25) is 0 Å². The molecule has 0 aliphatic rings. The van der Waals surface area contributed by atoms with E-state index in [4.69, 9.17) is 0 Å². The van der Waals surface area contributed by atoms with Crippen LogP contribution in [0.1, 0.15) is 37.9 Å². The number of hydrogen-bond donors (Lipinski definition) is 2. The van der Waals surface area contributed by atoms with E-state index in [0.29, 0.717) is 0 Å². The number of aryl methyl sites for hydroxylation is 1. The minimum atomic E-state index is 0.155. The summed E-state index contributed by atoms with van der Waals surface area (Å²) in [5, 5.41) is 15.8. The number of aliphatic hydroxyl groups excluding tert-OH is 1. The topological polar surface area (TPSA) is 45.2 Å². The molecule has 0 bridgehead atoms. The molecule has 1 aromatic heterocycles. The summed E-state index contributed by atoms with van der Waals surface area (Å²) >= 11 is 1.66. The maximum atomic E-state index is 9.29. The molecule has 3 nitrogen and oxygen atoms in total. The van der Waals surface area contributed by atoms with Crippen molar-refractivity contribution >= 4 is 11.3 Å². The van der Waals surface area contributed by atoms with E-state index in [-0.39, 0.29) is 18.1 Å². The Bertz CT molecular complexity index is 317. The van der Waals surface area contributed by atoms with E-state index in [1.807, 2.05) is 6.92 Å². The maximum Gasteiger partial charge on any atom is 0.0897 e. The molecule has 1 rings (SSSR count). The molecule has 0 radical (unpaired) electrons. The van der Waals surface area contributed by atoms with Crippen LogP contribution >= 0.6 is 11.3 Å². The molecule has 0 saturated heterocycles. The number of aromatic nitrogens is 1. The van der Waals surface area contributed by atoms with Gasteiger partial charge in [0, 0.05) is 18.0 Å². The third-order valence-electron chi connectivity index (χ3n) is 2.32. The first-order chi connectivity index (χ1) is 7.40. The fraction of sp³-hybridized carbons (Fsp3) is 0.750. The highest BCUT2D eigenvalue weighted by Gasteiger charge is 2.17. The first-order valence-electron chi connectivity index (χ1n) is 5.66. The molecular formula is C12H22N2OS. The lowest BCUT2D eigenvalue weighted by Crippen LogP contribution is -2.35. The number of nitrogens with zero attached hydrogens (tertiary/aromatic N) is 1. The summed E-state index contributed by atoms with van der Waals surface area (Å²) < 4.78 is 0. The highest BCUT2D eigenvalue weighted by molar-refractivity contribution is 7.09. The predicted octanol–water partition coefficient (Wildman–Crippen LogP) is 2.34. The van der Waals surface area contributed by atoms with Gasteiger partial charge in [0.25, 0.3) is 0 Å². The Kier molecular flexibility index (Phi) is 4.89. The zero-order valence-corrected chi connectivity index (χ0v) is 11.4. The van der Waals surface area contributed by atoms with Crippen molar-refractivity contribution in [3.63, 3.8) is 0 Å². The smallest absolute Gasteiger partial charge is 0.0897 e. The van der Waals surface area contributed by atoms with Crippen molar-refractivity contribution in [1.29, 1.82) is 0 Å². The molecule has 0 aliphatic heterocycles. The number of thiazole rings is 1. The van der Waals surface area contributed by atoms with Crippen molar-refractivity contribution in [2.75, 3.05) is 6.61 Å². The van der Waals surface area contributed by atoms with Crippen molar-refractivity contribution in [2.24, 2.45) is 5.41 Å². The summed E-state index contributed by atoms with van der Waals surface area (Å²) in [6.07, 6.45) is 0.965. The number of hydrogen-bond acceptors (Lipinski definition) is 4. The summed E-state index contributed by atoms with van der Waals surface area (Å²) in [6.45, 7) is 9.48. The predicted molar refractivity (Wildman–Crippen MR) is 68.6 cm³/mol. The number of aliphatic hydroxyl groups is 1. The molecule has 0 aromatic carbocycles. The van der Waals surface area contributed by atoms with Gasteiger partial charge in [-0.2, -0.15) is 0 Å². The van der Waals surface area contributed by atoms with Crippen molar-refractivity contribution in [3.8, 4) is 0 Å². The van der Waals surface area contributed by atoms with Gasteiger partial charge in [-0.25, -0.2) is 4.98 Å². The highest BCUT2D eigenvalue weighted by atomic mass is 32.1. The molecule has 1 aromatic rings. The average molecular weight is 242 g/mol. The minimum Gasteiger partial charge on any atom is -0.395 e. The molecule has 0 spiro atoms. The van der Waals surface area contributed by atoms with E-state index < -0.39 is 0 Å². The lowest BCUT2D eigenvalue weighted by molar-refractivity contribution is 0.197. The molecule has 1 atom stereocenters. The summed E-state index contributed by atoms with van der Waals surface area (Å²) in [6, 6.07) is 0.155. The standard InChI is InChI=1S/C12H22N2OS/c1-9-14-11(8-16-9)6-13-10(7-15)5-12(2,3)4/h8,10,13,15H,5-7H2,1-4H3. The van der Waals surface area contributed by atoms with Crippen LogP contribution in [0.15, 0.2) is 5.38 Å². The van der Waals surface area contributed by atoms with E-state index in [1.165, 1.54) is 0 Å². The molecule has 1 heterocycles. The largest absolute Gasteiger partial charge is 0.395 e. The van der Waals surface area contributed by atoms with Crippen LogP contribution in [-0.4, -0.2) is 22.7 Å². The third kappa shape index (κ3) is 5.05. The molecule has 92 valence electrons. The second-order valence-corrected chi connectivity index (χ2v) is 6.45. The van der Waals surface area contributed by atoms with Gasteiger partial charge in [-0.1, -0.05) is 20.8 Å². The van der Waals surface area contributed by atoms with E-state index in [2.05, 4.69) is 36.5 Å². The van der Waals surface area contributed by atoms with Crippen molar-refractivity contribution in [3.05, 3.63) is 16.1 Å². The van der Waals surface area contributed by atoms with E-state index in [0.717, 1.165) is 23.7 Å². The van der Waals surface area contributed by atoms with Crippen LogP contribution in [0.25, 0.3) is 0 Å². The summed E-state index contributed by atoms with van der Waals surface area (Å²) in [7, 11) is 0. The minimum absolute atomic E-state index is 0.155. The fourth-order valence-corrected chi connectivity index (χ4v) is 2.29.